The summed E-state index contributed by atoms with van der Waals surface area (Å²) >= 11 is 0. The van der Waals surface area contributed by atoms with Gasteiger partial charge >= 0.3 is 0 Å². The van der Waals surface area contributed by atoms with Crippen LogP contribution in [0.15, 0.2) is 91.0 Å². The molecule has 0 fully saturated rings. The zero-order chi connectivity index (χ0) is 16.0. The van der Waals surface area contributed by atoms with E-state index in [-0.39, 0.29) is 29.5 Å². The van der Waals surface area contributed by atoms with Crippen molar-refractivity contribution in [2.45, 2.75) is 24.8 Å². The Morgan fingerprint density at radius 1 is 0.500 bits per heavy atom. The average Bonchev–Trinajstić information content (AvgIpc) is 2.57. The number of hydrogen-bond acceptors (Lipinski definition) is 1. The maximum atomic E-state index is 6.89. The molecule has 0 aliphatic carbocycles. The van der Waals surface area contributed by atoms with Crippen LogP contribution in [-0.2, 0) is 19.3 Å². The lowest BCUT2D eigenvalue weighted by molar-refractivity contribution is 0.415. The van der Waals surface area contributed by atoms with E-state index in [1.807, 2.05) is 0 Å². The molecule has 124 valence electrons. The third kappa shape index (κ3) is 5.46. The van der Waals surface area contributed by atoms with Gasteiger partial charge in [-0.2, -0.15) is 0 Å². The van der Waals surface area contributed by atoms with Crippen molar-refractivity contribution in [2.75, 3.05) is 0 Å². The minimum absolute atomic E-state index is 0. The van der Waals surface area contributed by atoms with Crippen LogP contribution in [0.5, 0.6) is 0 Å². The van der Waals surface area contributed by atoms with Crippen molar-refractivity contribution < 1.29 is 0 Å². The number of hydrogen-bond donors (Lipinski definition) is 1. The molecule has 0 amide bonds. The summed E-state index contributed by atoms with van der Waals surface area (Å²) in [6.07, 6.45) is 2.62. The summed E-state index contributed by atoms with van der Waals surface area (Å²) in [4.78, 5) is 0. The van der Waals surface area contributed by atoms with Crippen LogP contribution in [0.2, 0.25) is 0 Å². The fourth-order valence-electron chi connectivity index (χ4n) is 3.19. The Labute approximate surface area is 161 Å². The van der Waals surface area contributed by atoms with E-state index in [0.717, 1.165) is 19.3 Å². The van der Waals surface area contributed by atoms with E-state index in [2.05, 4.69) is 91.0 Å². The molecular formula is C22H24IN. The Morgan fingerprint density at radius 2 is 0.750 bits per heavy atom. The molecule has 2 heteroatoms. The number of nitrogens with two attached hydrogens (primary N) is 1. The van der Waals surface area contributed by atoms with E-state index in [1.54, 1.807) is 0 Å². The average molecular weight is 429 g/mol. The fraction of sp³-hybridized carbons (Fsp3) is 0.182. The van der Waals surface area contributed by atoms with Crippen molar-refractivity contribution in [3.63, 3.8) is 0 Å². The first kappa shape index (κ1) is 18.7. The van der Waals surface area contributed by atoms with Crippen molar-refractivity contribution in [3.05, 3.63) is 108 Å². The van der Waals surface area contributed by atoms with E-state index >= 15 is 0 Å². The molecular weight excluding hydrogens is 405 g/mol. The predicted molar refractivity (Wildman–Crippen MR) is 113 cm³/mol. The molecule has 1 nitrogen and oxygen atoms in total. The summed E-state index contributed by atoms with van der Waals surface area (Å²) in [5.41, 5.74) is 10.5. The molecule has 0 saturated heterocycles. The van der Waals surface area contributed by atoms with Gasteiger partial charge in [-0.25, -0.2) is 0 Å². The van der Waals surface area contributed by atoms with Crippen LogP contribution in [0, 0.1) is 0 Å². The van der Waals surface area contributed by atoms with E-state index in [4.69, 9.17) is 5.73 Å². The van der Waals surface area contributed by atoms with E-state index in [0.29, 0.717) is 0 Å². The molecule has 0 radical (unpaired) electrons. The van der Waals surface area contributed by atoms with Gasteiger partial charge in [0, 0.05) is 5.54 Å². The van der Waals surface area contributed by atoms with Gasteiger partial charge in [-0.3, -0.25) is 0 Å². The first-order valence-electron chi connectivity index (χ1n) is 8.14. The Bertz CT molecular complexity index is 609. The van der Waals surface area contributed by atoms with Gasteiger partial charge in [0.25, 0.3) is 0 Å². The summed E-state index contributed by atoms with van der Waals surface area (Å²) in [5, 5.41) is 0. The second-order valence-electron chi connectivity index (χ2n) is 6.35. The van der Waals surface area contributed by atoms with Crippen molar-refractivity contribution in [1.82, 2.24) is 0 Å². The summed E-state index contributed by atoms with van der Waals surface area (Å²) in [6, 6.07) is 31.6. The van der Waals surface area contributed by atoms with Crippen LogP contribution in [0.3, 0.4) is 0 Å². The standard InChI is InChI=1S/C22H23N.HI/c23-22(16-19-10-4-1-5-11-19,17-20-12-6-2-7-13-20)18-21-14-8-3-9-15-21;/h1-15H,16-18,23H2;1H. The van der Waals surface area contributed by atoms with Gasteiger partial charge in [-0.15, -0.1) is 24.0 Å². The molecule has 24 heavy (non-hydrogen) atoms. The topological polar surface area (TPSA) is 26.0 Å². The summed E-state index contributed by atoms with van der Waals surface area (Å²) in [5.74, 6) is 0. The monoisotopic (exact) mass is 429 g/mol. The van der Waals surface area contributed by atoms with Crippen LogP contribution in [0.4, 0.5) is 0 Å². The van der Waals surface area contributed by atoms with E-state index in [9.17, 15) is 0 Å². The minimum Gasteiger partial charge on any atom is -0.324 e. The Hall–Kier alpha value is -1.65. The zero-order valence-corrected chi connectivity index (χ0v) is 16.1. The van der Waals surface area contributed by atoms with Crippen molar-refractivity contribution in [1.29, 1.82) is 0 Å². The second-order valence-corrected chi connectivity index (χ2v) is 6.35. The summed E-state index contributed by atoms with van der Waals surface area (Å²) < 4.78 is 0. The third-order valence-corrected chi connectivity index (χ3v) is 4.20. The van der Waals surface area contributed by atoms with Crippen LogP contribution >= 0.6 is 24.0 Å². The molecule has 0 unspecified atom stereocenters. The smallest absolute Gasteiger partial charge is 0.0276 e. The predicted octanol–water partition coefficient (Wildman–Crippen LogP) is 5.03. The maximum Gasteiger partial charge on any atom is 0.0276 e. The molecule has 0 aliphatic heterocycles. The Morgan fingerprint density at radius 3 is 1.00 bits per heavy atom. The maximum absolute atomic E-state index is 6.89. The van der Waals surface area contributed by atoms with Gasteiger partial charge in [0.15, 0.2) is 0 Å². The molecule has 0 bridgehead atoms. The first-order chi connectivity index (χ1) is 11.2. The molecule has 0 atom stereocenters. The highest BCUT2D eigenvalue weighted by Gasteiger charge is 2.26. The number of halogens is 1. The normalized spacial score (nSPS) is 10.9. The van der Waals surface area contributed by atoms with Gasteiger partial charge in [0.2, 0.25) is 0 Å². The highest BCUT2D eigenvalue weighted by molar-refractivity contribution is 14.0. The largest absolute Gasteiger partial charge is 0.324 e. The van der Waals surface area contributed by atoms with Crippen molar-refractivity contribution >= 4 is 24.0 Å². The molecule has 0 saturated carbocycles. The summed E-state index contributed by atoms with van der Waals surface area (Å²) in [7, 11) is 0. The zero-order valence-electron chi connectivity index (χ0n) is 13.8. The lowest BCUT2D eigenvalue weighted by atomic mass is 9.81. The Balaban J connectivity index is 0.00000208. The molecule has 0 aromatic heterocycles. The summed E-state index contributed by atoms with van der Waals surface area (Å²) in [6.45, 7) is 0. The van der Waals surface area contributed by atoms with E-state index in [1.165, 1.54) is 16.7 Å². The van der Waals surface area contributed by atoms with Crippen LogP contribution in [0.1, 0.15) is 16.7 Å². The van der Waals surface area contributed by atoms with Crippen molar-refractivity contribution in [3.8, 4) is 0 Å². The van der Waals surface area contributed by atoms with Gasteiger partial charge in [-0.05, 0) is 36.0 Å². The number of benzene rings is 3. The molecule has 0 heterocycles. The second kappa shape index (κ2) is 9.00. The molecule has 3 aromatic rings. The highest BCUT2D eigenvalue weighted by atomic mass is 127. The van der Waals surface area contributed by atoms with Crippen LogP contribution < -0.4 is 5.73 Å². The Kier molecular flexibility index (Phi) is 7.00. The third-order valence-electron chi connectivity index (χ3n) is 4.20. The molecule has 0 aliphatic rings. The minimum atomic E-state index is -0.288. The number of rotatable bonds is 6. The van der Waals surface area contributed by atoms with E-state index < -0.39 is 0 Å². The van der Waals surface area contributed by atoms with Gasteiger partial charge in [0.1, 0.15) is 0 Å². The molecule has 3 rings (SSSR count). The van der Waals surface area contributed by atoms with Gasteiger partial charge in [-0.1, -0.05) is 91.0 Å². The van der Waals surface area contributed by atoms with Crippen molar-refractivity contribution in [2.24, 2.45) is 5.73 Å². The fourth-order valence-corrected chi connectivity index (χ4v) is 3.19. The lowest BCUT2D eigenvalue weighted by Gasteiger charge is -2.30. The first-order valence-corrected chi connectivity index (χ1v) is 8.14. The van der Waals surface area contributed by atoms with Gasteiger partial charge in [0.05, 0.1) is 0 Å². The lowest BCUT2D eigenvalue weighted by Crippen LogP contribution is -2.46. The molecule has 0 spiro atoms. The highest BCUT2D eigenvalue weighted by Crippen LogP contribution is 2.22. The SMILES string of the molecule is I.NC(Cc1ccccc1)(Cc1ccccc1)Cc1ccccc1. The van der Waals surface area contributed by atoms with Gasteiger partial charge < -0.3 is 5.73 Å². The van der Waals surface area contributed by atoms with Crippen LogP contribution in [0.25, 0.3) is 0 Å². The molecule has 3 aromatic carbocycles. The quantitative estimate of drug-likeness (QED) is 0.547. The molecule has 2 N–H and O–H groups in total. The van der Waals surface area contributed by atoms with Crippen LogP contribution in [-0.4, -0.2) is 5.54 Å².